The summed E-state index contributed by atoms with van der Waals surface area (Å²) in [6.45, 7) is 4.41. The van der Waals surface area contributed by atoms with Gasteiger partial charge in [-0.25, -0.2) is 0 Å². The second kappa shape index (κ2) is 56.8. The highest BCUT2D eigenvalue weighted by molar-refractivity contribution is 5.70. The second-order valence-corrected chi connectivity index (χ2v) is 19.8. The molecule has 0 fully saturated rings. The first-order chi connectivity index (χ1) is 37.6. The minimum atomic E-state index is -1.65. The van der Waals surface area contributed by atoms with E-state index in [1.807, 2.05) is 21.1 Å². The summed E-state index contributed by atoms with van der Waals surface area (Å²) < 4.78 is 22.6. The van der Waals surface area contributed by atoms with E-state index in [9.17, 15) is 19.5 Å². The van der Waals surface area contributed by atoms with Gasteiger partial charge in [0.15, 0.2) is 12.4 Å². The Kier molecular flexibility index (Phi) is 52.9. The van der Waals surface area contributed by atoms with Crippen LogP contribution < -0.4 is 5.11 Å². The lowest BCUT2D eigenvalue weighted by molar-refractivity contribution is -0.870. The number of hydrogen-bond acceptors (Lipinski definition) is 8. The van der Waals surface area contributed by atoms with Gasteiger partial charge in [-0.05, 0) is 128 Å². The smallest absolute Gasteiger partial charge is 0.306 e. The molecule has 2 atom stereocenters. The van der Waals surface area contributed by atoms with Gasteiger partial charge in [0.25, 0.3) is 0 Å². The fourth-order valence-electron chi connectivity index (χ4n) is 7.02. The van der Waals surface area contributed by atoms with Gasteiger partial charge in [0.1, 0.15) is 13.2 Å². The van der Waals surface area contributed by atoms with Crippen LogP contribution in [0.3, 0.4) is 0 Å². The van der Waals surface area contributed by atoms with Gasteiger partial charge in [-0.2, -0.15) is 0 Å². The molecule has 0 aliphatic carbocycles. The predicted octanol–water partition coefficient (Wildman–Crippen LogP) is 16.2. The molecule has 0 aliphatic rings. The number of hydrogen-bond donors (Lipinski definition) is 0. The summed E-state index contributed by atoms with van der Waals surface area (Å²) in [6, 6.07) is 0. The Bertz CT molecular complexity index is 1860. The average Bonchev–Trinajstić information content (AvgIpc) is 3.40. The van der Waals surface area contributed by atoms with E-state index >= 15 is 0 Å². The number of allylic oxidation sites excluding steroid dienone is 28. The number of carbonyl (C=O) groups excluding carboxylic acids is 3. The van der Waals surface area contributed by atoms with E-state index in [0.29, 0.717) is 23.9 Å². The summed E-state index contributed by atoms with van der Waals surface area (Å²) >= 11 is 0. The van der Waals surface area contributed by atoms with E-state index in [1.165, 1.54) is 0 Å². The highest BCUT2D eigenvalue weighted by atomic mass is 16.7. The Balaban J connectivity index is 4.44. The molecule has 9 nitrogen and oxygen atoms in total. The van der Waals surface area contributed by atoms with Gasteiger partial charge in [-0.15, -0.1) is 0 Å². The van der Waals surface area contributed by atoms with Crippen LogP contribution in [0.5, 0.6) is 0 Å². The van der Waals surface area contributed by atoms with Crippen molar-refractivity contribution in [2.75, 3.05) is 47.5 Å². The summed E-state index contributed by atoms with van der Waals surface area (Å²) in [5.74, 6) is -2.39. The molecule has 0 heterocycles. The number of unbranched alkanes of at least 4 members (excludes halogenated alkanes) is 8. The Morgan fingerprint density at radius 2 is 0.701 bits per heavy atom. The van der Waals surface area contributed by atoms with Crippen LogP contribution in [0.25, 0.3) is 0 Å². The van der Waals surface area contributed by atoms with Crippen LogP contribution in [-0.2, 0) is 33.3 Å². The summed E-state index contributed by atoms with van der Waals surface area (Å²) in [5, 5.41) is 11.8. The van der Waals surface area contributed by atoms with E-state index in [-0.39, 0.29) is 32.7 Å². The number of carboxylic acid groups (broad SMARTS) is 1. The minimum Gasteiger partial charge on any atom is -0.545 e. The molecule has 0 saturated carbocycles. The molecule has 0 radical (unpaired) electrons. The number of carboxylic acids is 1. The largest absolute Gasteiger partial charge is 0.545 e. The highest BCUT2D eigenvalue weighted by Gasteiger charge is 2.21. The standard InChI is InChI=1S/C68H105NO8/c1-6-8-10-12-14-16-18-20-22-24-26-28-30-32-33-35-37-39-41-43-45-47-49-51-53-55-57-59-66(71)77-64(63-76-68(67(72)73)74-61-60-69(3,4)5)62-75-65(70)58-56-54-52-50-48-46-44-42-40-38-36-34-31-29-27-25-23-21-19-17-15-13-11-9-7-2/h8-11,14-17,20-23,26-29,32-34,36-37,39-40,42-43,45,49,51,64,68H,6-7,12-13,18-19,24-25,30-31,35,38,41,44,46-48,50,52-63H2,1-5H3/b10-8-,11-9-,16-14-,17-15-,22-20-,23-21-,28-26-,29-27-,33-32-,36-34-,39-37-,42-40-,45-43-,51-49-. The van der Waals surface area contributed by atoms with Crippen LogP contribution in [0, 0.1) is 0 Å². The van der Waals surface area contributed by atoms with E-state index < -0.39 is 30.3 Å². The number of rotatable bonds is 51. The number of likely N-dealkylation sites (N-methyl/N-ethyl adjacent to an activating group) is 1. The van der Waals surface area contributed by atoms with Crippen LogP contribution in [0.2, 0.25) is 0 Å². The molecule has 0 spiro atoms. The molecule has 0 aliphatic heterocycles. The van der Waals surface area contributed by atoms with Crippen LogP contribution in [0.1, 0.15) is 181 Å². The maximum atomic E-state index is 12.9. The molecular formula is C68H105NO8. The second-order valence-electron chi connectivity index (χ2n) is 19.8. The van der Waals surface area contributed by atoms with Crippen molar-refractivity contribution in [3.05, 3.63) is 170 Å². The van der Waals surface area contributed by atoms with Gasteiger partial charge >= 0.3 is 11.9 Å². The third-order valence-corrected chi connectivity index (χ3v) is 11.5. The first kappa shape index (κ1) is 71.7. The van der Waals surface area contributed by atoms with Crippen molar-refractivity contribution in [2.24, 2.45) is 0 Å². The topological polar surface area (TPSA) is 111 Å². The molecule has 430 valence electrons. The van der Waals surface area contributed by atoms with Gasteiger partial charge in [0.05, 0.1) is 40.3 Å². The summed E-state index contributed by atoms with van der Waals surface area (Å²) in [6.07, 6.45) is 82.5. The molecule has 0 N–H and O–H groups in total. The number of esters is 2. The fraction of sp³-hybridized carbons (Fsp3) is 0.544. The lowest BCUT2D eigenvalue weighted by Crippen LogP contribution is -2.44. The Hall–Kier alpha value is -5.35. The van der Waals surface area contributed by atoms with Gasteiger partial charge in [-0.1, -0.05) is 210 Å². The van der Waals surface area contributed by atoms with E-state index in [1.54, 1.807) is 0 Å². The predicted molar refractivity (Wildman–Crippen MR) is 324 cm³/mol. The lowest BCUT2D eigenvalue weighted by atomic mass is 10.1. The van der Waals surface area contributed by atoms with Crippen molar-refractivity contribution in [1.82, 2.24) is 0 Å². The molecule has 0 aromatic heterocycles. The maximum Gasteiger partial charge on any atom is 0.306 e. The minimum absolute atomic E-state index is 0.125. The van der Waals surface area contributed by atoms with Crippen molar-refractivity contribution in [2.45, 2.75) is 193 Å². The van der Waals surface area contributed by atoms with Crippen LogP contribution >= 0.6 is 0 Å². The number of ether oxygens (including phenoxy) is 4. The normalized spacial score (nSPS) is 14.0. The zero-order valence-electron chi connectivity index (χ0n) is 48.7. The van der Waals surface area contributed by atoms with Crippen molar-refractivity contribution in [3.63, 3.8) is 0 Å². The highest BCUT2D eigenvalue weighted by Crippen LogP contribution is 2.12. The zero-order valence-corrected chi connectivity index (χ0v) is 48.7. The number of aliphatic carboxylic acids is 1. The van der Waals surface area contributed by atoms with Crippen LogP contribution in [0.15, 0.2) is 170 Å². The fourth-order valence-corrected chi connectivity index (χ4v) is 7.02. The number of carbonyl (C=O) groups is 3. The third-order valence-electron chi connectivity index (χ3n) is 11.5. The van der Waals surface area contributed by atoms with Gasteiger partial charge in [-0.3, -0.25) is 9.59 Å². The SMILES string of the molecule is CC/C=C\C/C=C\C/C=C\C/C=C\C/C=C\C/C=C\C/C=C\C/C=C\CCCCC(=O)OC(COC(=O)CCCCCCCC/C=C\C/C=C\C/C=C\C/C=C\C/C=C\C/C=C\CC)COC(OCC[N+](C)(C)C)C(=O)[O-]. The summed E-state index contributed by atoms with van der Waals surface area (Å²) in [7, 11) is 5.88. The first-order valence-electron chi connectivity index (χ1n) is 29.3. The number of quaternary nitrogens is 1. The molecule has 0 bridgehead atoms. The zero-order chi connectivity index (χ0) is 56.2. The van der Waals surface area contributed by atoms with Crippen molar-refractivity contribution < 1.29 is 42.9 Å². The monoisotopic (exact) mass is 1060 g/mol. The van der Waals surface area contributed by atoms with Crippen LogP contribution in [0.4, 0.5) is 0 Å². The van der Waals surface area contributed by atoms with E-state index in [2.05, 4.69) is 184 Å². The molecule has 77 heavy (non-hydrogen) atoms. The van der Waals surface area contributed by atoms with Gasteiger partial charge < -0.3 is 33.3 Å². The molecule has 2 unspecified atom stereocenters. The third kappa shape index (κ3) is 58.2. The van der Waals surface area contributed by atoms with Gasteiger partial charge in [0.2, 0.25) is 0 Å². The van der Waals surface area contributed by atoms with Crippen molar-refractivity contribution in [3.8, 4) is 0 Å². The summed E-state index contributed by atoms with van der Waals surface area (Å²) in [5.41, 5.74) is 0. The first-order valence-corrected chi connectivity index (χ1v) is 29.3. The lowest BCUT2D eigenvalue weighted by Gasteiger charge is -2.26. The average molecular weight is 1060 g/mol. The van der Waals surface area contributed by atoms with Gasteiger partial charge in [0, 0.05) is 12.8 Å². The van der Waals surface area contributed by atoms with Crippen molar-refractivity contribution in [1.29, 1.82) is 0 Å². The molecule has 0 aromatic rings. The Morgan fingerprint density at radius 1 is 0.390 bits per heavy atom. The van der Waals surface area contributed by atoms with E-state index in [0.717, 1.165) is 141 Å². The van der Waals surface area contributed by atoms with E-state index in [4.69, 9.17) is 18.9 Å². The molecule has 9 heteroatoms. The summed E-state index contributed by atoms with van der Waals surface area (Å²) in [4.78, 5) is 37.3. The van der Waals surface area contributed by atoms with Crippen LogP contribution in [-0.4, -0.2) is 82.3 Å². The molecule has 0 aromatic carbocycles. The molecule has 0 rings (SSSR count). The Morgan fingerprint density at radius 3 is 1.06 bits per heavy atom. The Labute approximate surface area is 469 Å². The maximum absolute atomic E-state index is 12.9. The molecule has 0 saturated heterocycles. The molecule has 0 amide bonds. The quantitative estimate of drug-likeness (QED) is 0.0195. The van der Waals surface area contributed by atoms with Crippen molar-refractivity contribution >= 4 is 17.9 Å². The number of nitrogens with zero attached hydrogens (tertiary/aromatic N) is 1. The molecular weight excluding hydrogens is 959 g/mol.